The summed E-state index contributed by atoms with van der Waals surface area (Å²) in [5, 5.41) is 10.7. The third-order valence-corrected chi connectivity index (χ3v) is 14.4. The predicted octanol–water partition coefficient (Wildman–Crippen LogP) is 2.30. The van der Waals surface area contributed by atoms with Crippen LogP contribution >= 0.6 is 0 Å². The van der Waals surface area contributed by atoms with Gasteiger partial charge >= 0.3 is 6.03 Å². The Morgan fingerprint density at radius 3 is 2.08 bits per heavy atom. The molecule has 13 nitrogen and oxygen atoms in total. The van der Waals surface area contributed by atoms with Crippen molar-refractivity contribution in [3.05, 3.63) is 0 Å². The summed E-state index contributed by atoms with van der Waals surface area (Å²) in [5.74, 6) is -1.98. The molecule has 0 aromatic heterocycles. The van der Waals surface area contributed by atoms with Crippen molar-refractivity contribution in [1.82, 2.24) is 30.5 Å². The summed E-state index contributed by atoms with van der Waals surface area (Å²) in [4.78, 5) is 69.9. The summed E-state index contributed by atoms with van der Waals surface area (Å²) in [5.41, 5.74) is -1.96. The molecular formula is C35H58N6O7S. The topological polar surface area (TPSA) is 174 Å². The summed E-state index contributed by atoms with van der Waals surface area (Å²) in [7, 11) is -0.734. The quantitative estimate of drug-likeness (QED) is 0.213. The van der Waals surface area contributed by atoms with Gasteiger partial charge in [0.2, 0.25) is 27.6 Å². The zero-order valence-electron chi connectivity index (χ0n) is 30.6. The number of amides is 5. The molecule has 4 saturated carbocycles. The molecule has 0 spiro atoms. The molecule has 5 amide bonds. The molecule has 5 rings (SSSR count). The number of piperidine rings is 1. The fourth-order valence-electron chi connectivity index (χ4n) is 8.26. The van der Waals surface area contributed by atoms with Crippen LogP contribution in [-0.4, -0.2) is 103 Å². The van der Waals surface area contributed by atoms with E-state index >= 15 is 0 Å². The number of ketones is 1. The molecule has 5 aliphatic rings. The Morgan fingerprint density at radius 1 is 0.939 bits per heavy atom. The molecule has 14 heteroatoms. The fourth-order valence-corrected chi connectivity index (χ4v) is 9.75. The molecule has 276 valence electrons. The summed E-state index contributed by atoms with van der Waals surface area (Å²) in [6, 6.07) is -3.47. The fraction of sp³-hybridized carbons (Fsp3) is 0.857. The standard InChI is InChI=1S/C35H58N6O7S/c1-20(49(47,48)40(7)8)35(16-10-9-11-17-35)39-32(46)38-28(33(2,3)4)31(45)41-19-23-25(34(23,5)6)26(41)29(43)37-24(18-21-12-13-21)27(42)30(44)36-22-14-15-22/h20-26,28H,9-19H2,1-8H3,(H,36,44)(H,37,43)(H2,38,39,46)/t20-,23+,24+,25+,26+,28-/m1/s1. The van der Waals surface area contributed by atoms with Crippen LogP contribution in [0.15, 0.2) is 0 Å². The minimum absolute atomic E-state index is 0.0114. The first-order valence-corrected chi connectivity index (χ1v) is 19.7. The van der Waals surface area contributed by atoms with E-state index in [1.165, 1.54) is 18.4 Å². The normalized spacial score (nSPS) is 27.7. The van der Waals surface area contributed by atoms with Crippen LogP contribution in [0, 0.1) is 28.6 Å². The second-order valence-electron chi connectivity index (χ2n) is 17.3. The van der Waals surface area contributed by atoms with Gasteiger partial charge in [0.05, 0.1) is 16.8 Å². The number of likely N-dealkylation sites (tertiary alicyclic amines) is 1. The maximum atomic E-state index is 14.5. The van der Waals surface area contributed by atoms with Gasteiger partial charge in [0, 0.05) is 26.7 Å². The summed E-state index contributed by atoms with van der Waals surface area (Å²) >= 11 is 0. The lowest BCUT2D eigenvalue weighted by molar-refractivity contribution is -0.145. The van der Waals surface area contributed by atoms with Gasteiger partial charge < -0.3 is 26.2 Å². The molecule has 49 heavy (non-hydrogen) atoms. The van der Waals surface area contributed by atoms with Gasteiger partial charge in [-0.25, -0.2) is 17.5 Å². The van der Waals surface area contributed by atoms with Crippen LogP contribution < -0.4 is 21.3 Å². The number of urea groups is 1. The zero-order valence-corrected chi connectivity index (χ0v) is 31.4. The Labute approximate surface area is 291 Å². The molecule has 0 unspecified atom stereocenters. The van der Waals surface area contributed by atoms with Gasteiger partial charge in [-0.1, -0.05) is 66.7 Å². The van der Waals surface area contributed by atoms with Gasteiger partial charge in [-0.2, -0.15) is 0 Å². The van der Waals surface area contributed by atoms with E-state index in [1.807, 2.05) is 20.8 Å². The van der Waals surface area contributed by atoms with Gasteiger partial charge in [0.15, 0.2) is 0 Å². The molecule has 0 aromatic rings. The number of nitrogens with zero attached hydrogens (tertiary/aromatic N) is 2. The molecule has 4 N–H and O–H groups in total. The van der Waals surface area contributed by atoms with E-state index < -0.39 is 73.9 Å². The van der Waals surface area contributed by atoms with E-state index in [-0.39, 0.29) is 29.2 Å². The smallest absolute Gasteiger partial charge is 0.315 e. The molecular weight excluding hydrogens is 648 g/mol. The third kappa shape index (κ3) is 7.79. The first kappa shape index (κ1) is 37.5. The third-order valence-electron chi connectivity index (χ3n) is 12.0. The monoisotopic (exact) mass is 706 g/mol. The van der Waals surface area contributed by atoms with Crippen molar-refractivity contribution in [2.75, 3.05) is 20.6 Å². The molecule has 0 radical (unpaired) electrons. The molecule has 0 bridgehead atoms. The van der Waals surface area contributed by atoms with Crippen molar-refractivity contribution < 1.29 is 32.4 Å². The Hall–Kier alpha value is -2.74. The molecule has 6 atom stereocenters. The predicted molar refractivity (Wildman–Crippen MR) is 185 cm³/mol. The van der Waals surface area contributed by atoms with E-state index in [1.54, 1.807) is 11.8 Å². The Balaban J connectivity index is 1.35. The van der Waals surface area contributed by atoms with Crippen LogP contribution in [0.3, 0.4) is 0 Å². The van der Waals surface area contributed by atoms with Crippen LogP contribution in [0.2, 0.25) is 0 Å². The van der Waals surface area contributed by atoms with Gasteiger partial charge in [0.1, 0.15) is 12.1 Å². The maximum Gasteiger partial charge on any atom is 0.315 e. The number of Topliss-reactive ketones (excluding diaryl/α,β-unsaturated/α-hetero) is 1. The van der Waals surface area contributed by atoms with Crippen LogP contribution in [0.25, 0.3) is 0 Å². The van der Waals surface area contributed by atoms with Gasteiger partial charge in [0.25, 0.3) is 5.91 Å². The molecule has 5 fully saturated rings. The van der Waals surface area contributed by atoms with Gasteiger partial charge in [-0.05, 0) is 67.6 Å². The van der Waals surface area contributed by atoms with Crippen LogP contribution in [0.4, 0.5) is 4.79 Å². The summed E-state index contributed by atoms with van der Waals surface area (Å²) in [6.07, 6.45) is 7.42. The Kier molecular flexibility index (Phi) is 10.3. The molecule has 0 aromatic carbocycles. The van der Waals surface area contributed by atoms with Crippen molar-refractivity contribution >= 4 is 39.6 Å². The molecule has 1 heterocycles. The van der Waals surface area contributed by atoms with Crippen molar-refractivity contribution in [1.29, 1.82) is 0 Å². The average molecular weight is 707 g/mol. The second-order valence-corrected chi connectivity index (χ2v) is 19.8. The SMILES string of the molecule is C[C@H](C1(NC(=O)N[C@H](C(=O)N2C[C@H]3[C@@H]([C@H]2C(=O)N[C@@H](CC2CC2)C(=O)C(=O)NC2CC2)C3(C)C)C(C)(C)C)CCCCC1)S(=O)(=O)N(C)C. The van der Waals surface area contributed by atoms with Crippen LogP contribution in [-0.2, 0) is 29.2 Å². The zero-order chi connectivity index (χ0) is 36.3. The minimum Gasteiger partial charge on any atom is -0.347 e. The minimum atomic E-state index is -3.70. The van der Waals surface area contributed by atoms with E-state index in [2.05, 4.69) is 35.1 Å². The van der Waals surface area contributed by atoms with E-state index in [4.69, 9.17) is 0 Å². The number of hydrogen-bond acceptors (Lipinski definition) is 7. The van der Waals surface area contributed by atoms with E-state index in [0.29, 0.717) is 25.8 Å². The molecule has 1 saturated heterocycles. The molecule has 1 aliphatic heterocycles. The lowest BCUT2D eigenvalue weighted by atomic mass is 9.79. The number of hydrogen-bond donors (Lipinski definition) is 4. The molecule has 4 aliphatic carbocycles. The highest BCUT2D eigenvalue weighted by Crippen LogP contribution is 2.65. The highest BCUT2D eigenvalue weighted by Gasteiger charge is 2.70. The number of carbonyl (C=O) groups is 5. The van der Waals surface area contributed by atoms with Crippen molar-refractivity contribution in [3.8, 4) is 0 Å². The van der Waals surface area contributed by atoms with Crippen molar-refractivity contribution in [2.24, 2.45) is 28.6 Å². The number of nitrogens with one attached hydrogen (secondary N) is 4. The first-order valence-electron chi connectivity index (χ1n) is 18.2. The highest BCUT2D eigenvalue weighted by molar-refractivity contribution is 7.89. The Morgan fingerprint density at radius 2 is 1.55 bits per heavy atom. The van der Waals surface area contributed by atoms with Gasteiger partial charge in [-0.15, -0.1) is 0 Å². The lowest BCUT2D eigenvalue weighted by Gasteiger charge is -2.44. The van der Waals surface area contributed by atoms with E-state index in [9.17, 15) is 32.4 Å². The van der Waals surface area contributed by atoms with E-state index in [0.717, 1.165) is 44.9 Å². The van der Waals surface area contributed by atoms with Crippen LogP contribution in [0.1, 0.15) is 106 Å². The number of rotatable bonds is 13. The first-order chi connectivity index (χ1) is 22.7. The second kappa shape index (κ2) is 13.4. The lowest BCUT2D eigenvalue weighted by Crippen LogP contribution is -2.65. The van der Waals surface area contributed by atoms with Crippen molar-refractivity contribution in [2.45, 2.75) is 141 Å². The van der Waals surface area contributed by atoms with Crippen LogP contribution in [0.5, 0.6) is 0 Å². The summed E-state index contributed by atoms with van der Waals surface area (Å²) < 4.78 is 27.7. The number of sulfonamides is 1. The number of carbonyl (C=O) groups excluding carboxylic acids is 5. The summed E-state index contributed by atoms with van der Waals surface area (Å²) in [6.45, 7) is 11.6. The maximum absolute atomic E-state index is 14.5. The largest absolute Gasteiger partial charge is 0.347 e. The van der Waals surface area contributed by atoms with Gasteiger partial charge in [-0.3, -0.25) is 19.2 Å². The van der Waals surface area contributed by atoms with Crippen molar-refractivity contribution in [3.63, 3.8) is 0 Å². The average Bonchev–Trinajstić information content (AvgIpc) is 3.98. The highest BCUT2D eigenvalue weighted by atomic mass is 32.2. The number of fused-ring (bicyclic) bond motifs is 1. The Bertz CT molecular complexity index is 1440.